The summed E-state index contributed by atoms with van der Waals surface area (Å²) in [4.78, 5) is 0. The van der Waals surface area contributed by atoms with Gasteiger partial charge in [-0.2, -0.15) is 25.3 Å². The first kappa shape index (κ1) is 4.81. The fraction of sp³-hybridized carbons (Fsp3) is 1.00. The fourth-order valence-electron chi connectivity index (χ4n) is 0.349. The first-order valence-electron chi connectivity index (χ1n) is 1.86. The molecule has 0 atom stereocenters. The summed E-state index contributed by atoms with van der Waals surface area (Å²) in [5.41, 5.74) is 0. The molecule has 0 bridgehead atoms. The van der Waals surface area contributed by atoms with E-state index in [4.69, 9.17) is 0 Å². The molecule has 0 aliphatic carbocycles. The molecule has 1 rings (SSSR count). The van der Waals surface area contributed by atoms with Gasteiger partial charge in [-0.25, -0.2) is 0 Å². The second-order valence-electron chi connectivity index (χ2n) is 1.59. The van der Waals surface area contributed by atoms with E-state index in [2.05, 4.69) is 30.6 Å². The van der Waals surface area contributed by atoms with Crippen molar-refractivity contribution < 1.29 is 0 Å². The minimum atomic E-state index is 0. The Hall–Kier alpha value is 0.660. The van der Waals surface area contributed by atoms with Gasteiger partial charge in [0, 0.05) is 13.1 Å². The number of thiol groups is 2. The number of rotatable bonds is 0. The molecule has 0 aromatic rings. The number of nitrogens with one attached hydrogen (secondary N) is 1. The van der Waals surface area contributed by atoms with E-state index in [9.17, 15) is 0 Å². The summed E-state index contributed by atoms with van der Waals surface area (Å²) >= 11 is 8.29. The van der Waals surface area contributed by atoms with Crippen LogP contribution in [0.15, 0.2) is 0 Å². The third kappa shape index (κ3) is 0.832. The molecule has 1 N–H and O–H groups in total. The smallest absolute Gasteiger partial charge is 0.0799 e. The van der Waals surface area contributed by atoms with Crippen LogP contribution in [0.25, 0.3) is 0 Å². The lowest BCUT2D eigenvalue weighted by molar-refractivity contribution is 0.515. The highest BCUT2D eigenvalue weighted by atomic mass is 32.2. The Morgan fingerprint density at radius 3 is 1.67 bits per heavy atom. The highest BCUT2D eigenvalue weighted by molar-refractivity contribution is 8.00. The maximum absolute atomic E-state index is 4.14. The normalized spacial score (nSPS) is 29.0. The van der Waals surface area contributed by atoms with E-state index in [0.29, 0.717) is 0 Å². The van der Waals surface area contributed by atoms with Crippen molar-refractivity contribution >= 4 is 25.3 Å². The molecule has 1 aliphatic rings. The summed E-state index contributed by atoms with van der Waals surface area (Å²) in [6.45, 7) is 1.86. The van der Waals surface area contributed by atoms with Crippen molar-refractivity contribution in [2.75, 3.05) is 13.1 Å². The van der Waals surface area contributed by atoms with E-state index < -0.39 is 0 Å². The van der Waals surface area contributed by atoms with Crippen molar-refractivity contribution in [1.82, 2.24) is 5.32 Å². The van der Waals surface area contributed by atoms with Crippen LogP contribution in [0.3, 0.4) is 0 Å². The van der Waals surface area contributed by atoms with Gasteiger partial charge in [-0.05, 0) is 0 Å². The molecular weight excluding hydrogens is 114 g/mol. The van der Waals surface area contributed by atoms with Crippen LogP contribution in [0.4, 0.5) is 0 Å². The number of hydrogen-bond acceptors (Lipinski definition) is 3. The predicted octanol–water partition coefficient (Wildman–Crippen LogP) is 0.146. The maximum Gasteiger partial charge on any atom is 0.0799 e. The van der Waals surface area contributed by atoms with Crippen LogP contribution >= 0.6 is 25.3 Å². The molecule has 36 valence electrons. The van der Waals surface area contributed by atoms with Crippen LogP contribution in [-0.2, 0) is 0 Å². The molecule has 1 heterocycles. The molecule has 0 unspecified atom stereocenters. The molecule has 0 aromatic carbocycles. The minimum Gasteiger partial charge on any atom is -0.312 e. The summed E-state index contributed by atoms with van der Waals surface area (Å²) in [7, 11) is 0. The van der Waals surface area contributed by atoms with E-state index >= 15 is 0 Å². The Bertz CT molecular complexity index is 55.8. The quantitative estimate of drug-likeness (QED) is 0.306. The summed E-state index contributed by atoms with van der Waals surface area (Å²) < 4.78 is 0. The van der Waals surface area contributed by atoms with Gasteiger partial charge in [-0.15, -0.1) is 0 Å². The second kappa shape index (κ2) is 1.32. The predicted molar refractivity (Wildman–Crippen MR) is 33.6 cm³/mol. The van der Waals surface area contributed by atoms with Crippen LogP contribution < -0.4 is 5.32 Å². The Morgan fingerprint density at radius 1 is 1.33 bits per heavy atom. The first-order chi connectivity index (χ1) is 2.71. The van der Waals surface area contributed by atoms with Crippen molar-refractivity contribution in [3.8, 4) is 0 Å². The van der Waals surface area contributed by atoms with E-state index in [1.54, 1.807) is 0 Å². The average molecular weight is 121 g/mol. The highest BCUT2D eigenvalue weighted by Crippen LogP contribution is 2.22. The second-order valence-corrected chi connectivity index (χ2v) is 3.65. The monoisotopic (exact) mass is 121 g/mol. The van der Waals surface area contributed by atoms with Crippen LogP contribution in [0, 0.1) is 0 Å². The lowest BCUT2D eigenvalue weighted by atomic mass is 10.3. The van der Waals surface area contributed by atoms with Crippen molar-refractivity contribution in [2.45, 2.75) is 4.08 Å². The molecule has 1 aliphatic heterocycles. The molecule has 0 amide bonds. The van der Waals surface area contributed by atoms with Crippen LogP contribution in [0.2, 0.25) is 0 Å². The van der Waals surface area contributed by atoms with Crippen molar-refractivity contribution in [3.63, 3.8) is 0 Å². The van der Waals surface area contributed by atoms with Crippen molar-refractivity contribution in [3.05, 3.63) is 0 Å². The molecule has 6 heavy (non-hydrogen) atoms. The van der Waals surface area contributed by atoms with Crippen molar-refractivity contribution in [2.24, 2.45) is 0 Å². The van der Waals surface area contributed by atoms with E-state index in [0.717, 1.165) is 13.1 Å². The molecular formula is C3H7NS2. The van der Waals surface area contributed by atoms with Crippen LogP contribution in [0.5, 0.6) is 0 Å². The molecule has 0 aromatic heterocycles. The molecule has 1 fully saturated rings. The van der Waals surface area contributed by atoms with E-state index in [1.807, 2.05) is 0 Å². The fourth-order valence-corrected chi connectivity index (χ4v) is 0.796. The average Bonchev–Trinajstić information content (AvgIpc) is 1.32. The van der Waals surface area contributed by atoms with Gasteiger partial charge in [0.05, 0.1) is 4.08 Å². The zero-order valence-corrected chi connectivity index (χ0v) is 5.10. The molecule has 0 radical (unpaired) electrons. The van der Waals surface area contributed by atoms with Gasteiger partial charge in [-0.1, -0.05) is 0 Å². The Morgan fingerprint density at radius 2 is 1.67 bits per heavy atom. The summed E-state index contributed by atoms with van der Waals surface area (Å²) in [5, 5.41) is 3.05. The van der Waals surface area contributed by atoms with E-state index in [-0.39, 0.29) is 4.08 Å². The Kier molecular flexibility index (Phi) is 1.06. The SMILES string of the molecule is SC1(S)CNC1. The van der Waals surface area contributed by atoms with Gasteiger partial charge in [0.25, 0.3) is 0 Å². The van der Waals surface area contributed by atoms with Crippen LogP contribution in [-0.4, -0.2) is 17.2 Å². The minimum absolute atomic E-state index is 0. The summed E-state index contributed by atoms with van der Waals surface area (Å²) in [6, 6.07) is 0. The molecule has 1 nitrogen and oxygen atoms in total. The van der Waals surface area contributed by atoms with Gasteiger partial charge in [0.15, 0.2) is 0 Å². The van der Waals surface area contributed by atoms with Gasteiger partial charge in [0.1, 0.15) is 0 Å². The van der Waals surface area contributed by atoms with Gasteiger partial charge in [0.2, 0.25) is 0 Å². The molecule has 1 saturated heterocycles. The standard InChI is InChI=1S/C3H7NS2/c5-3(6)1-4-2-3/h4-6H,1-2H2. The van der Waals surface area contributed by atoms with Gasteiger partial charge in [-0.3, -0.25) is 0 Å². The Balaban J connectivity index is 2.31. The third-order valence-corrected chi connectivity index (χ3v) is 1.45. The maximum atomic E-state index is 4.14. The third-order valence-electron chi connectivity index (χ3n) is 0.816. The first-order valence-corrected chi connectivity index (χ1v) is 2.76. The van der Waals surface area contributed by atoms with Gasteiger partial charge >= 0.3 is 0 Å². The molecule has 3 heteroatoms. The Labute approximate surface area is 48.3 Å². The van der Waals surface area contributed by atoms with Gasteiger partial charge < -0.3 is 5.32 Å². The highest BCUT2D eigenvalue weighted by Gasteiger charge is 2.27. The lowest BCUT2D eigenvalue weighted by Crippen LogP contribution is -2.51. The molecule has 0 spiro atoms. The zero-order valence-electron chi connectivity index (χ0n) is 3.31. The topological polar surface area (TPSA) is 12.0 Å². The van der Waals surface area contributed by atoms with Crippen LogP contribution in [0.1, 0.15) is 0 Å². The number of hydrogen-bond donors (Lipinski definition) is 3. The largest absolute Gasteiger partial charge is 0.312 e. The van der Waals surface area contributed by atoms with Crippen molar-refractivity contribution in [1.29, 1.82) is 0 Å². The molecule has 0 saturated carbocycles. The lowest BCUT2D eigenvalue weighted by Gasteiger charge is -2.32. The summed E-state index contributed by atoms with van der Waals surface area (Å²) in [5.74, 6) is 0. The van der Waals surface area contributed by atoms with E-state index in [1.165, 1.54) is 0 Å². The summed E-state index contributed by atoms with van der Waals surface area (Å²) in [6.07, 6.45) is 0. The zero-order chi connectivity index (χ0) is 4.62.